The molecule has 0 fully saturated rings. The zero-order chi connectivity index (χ0) is 21.6. The largest absolute Gasteiger partial charge is 0.481 e. The van der Waals surface area contributed by atoms with Crippen LogP contribution < -0.4 is 0 Å². The van der Waals surface area contributed by atoms with E-state index in [1.165, 1.54) is 6.92 Å². The van der Waals surface area contributed by atoms with Crippen molar-refractivity contribution >= 4 is 20.0 Å². The fourth-order valence-corrected chi connectivity index (χ4v) is 3.87. The summed E-state index contributed by atoms with van der Waals surface area (Å²) in [5.41, 5.74) is -1.17. The number of carbonyl (C=O) groups is 2. The Balaban J connectivity index is 2.92. The Labute approximate surface area is 157 Å². The molecule has 0 heterocycles. The molecule has 1 rings (SSSR count). The minimum Gasteiger partial charge on any atom is -0.481 e. The molecule has 4 unspecified atom stereocenters. The third-order valence-electron chi connectivity index (χ3n) is 3.91. The van der Waals surface area contributed by atoms with Crippen molar-refractivity contribution < 1.29 is 50.8 Å². The van der Waals surface area contributed by atoms with Gasteiger partial charge in [0.1, 0.15) is 6.10 Å². The number of aliphatic carboxylic acids is 2. The predicted molar refractivity (Wildman–Crippen MR) is 87.2 cm³/mol. The second kappa shape index (κ2) is 10.5. The summed E-state index contributed by atoms with van der Waals surface area (Å²) in [5.74, 6) is -12.1. The van der Waals surface area contributed by atoms with Gasteiger partial charge in [0.05, 0.1) is 5.92 Å². The van der Waals surface area contributed by atoms with E-state index in [1.807, 2.05) is 0 Å². The molecule has 0 spiro atoms. The van der Waals surface area contributed by atoms with Gasteiger partial charge >= 0.3 is 11.9 Å². The summed E-state index contributed by atoms with van der Waals surface area (Å²) in [4.78, 5) is 21.6. The molecule has 4 atom stereocenters. The number of rotatable bonds is 11. The van der Waals surface area contributed by atoms with Crippen LogP contribution >= 0.6 is 8.03 Å². The molecule has 0 saturated carbocycles. The van der Waals surface area contributed by atoms with Crippen LogP contribution in [-0.2, 0) is 18.7 Å². The summed E-state index contributed by atoms with van der Waals surface area (Å²) in [6, 6.07) is 0.120. The van der Waals surface area contributed by atoms with E-state index in [0.29, 0.717) is 0 Å². The third kappa shape index (κ3) is 6.27. The summed E-state index contributed by atoms with van der Waals surface area (Å²) in [7, 11) is -3.23. The molecule has 2 N–H and O–H groups in total. The highest BCUT2D eigenvalue weighted by atomic mass is 31.1. The van der Waals surface area contributed by atoms with E-state index in [1.54, 1.807) is 0 Å². The molecule has 0 aliphatic rings. The van der Waals surface area contributed by atoms with Gasteiger partial charge in [-0.1, -0.05) is 6.92 Å². The van der Waals surface area contributed by atoms with E-state index < -0.39 is 79.6 Å². The van der Waals surface area contributed by atoms with Gasteiger partial charge in [0.25, 0.3) is 0 Å². The lowest BCUT2D eigenvalue weighted by Crippen LogP contribution is -2.21. The van der Waals surface area contributed by atoms with Crippen LogP contribution in [0.2, 0.25) is 0 Å². The second-order valence-electron chi connectivity index (χ2n) is 5.90. The van der Waals surface area contributed by atoms with Crippen molar-refractivity contribution in [3.8, 4) is 0 Å². The van der Waals surface area contributed by atoms with Crippen molar-refractivity contribution in [3.63, 3.8) is 0 Å². The number of carboxylic acid groups (broad SMARTS) is 2. The van der Waals surface area contributed by atoms with Crippen LogP contribution in [0.3, 0.4) is 0 Å². The molecular formula is C16H18F5O6P. The van der Waals surface area contributed by atoms with Gasteiger partial charge in [0, 0.05) is 18.1 Å². The van der Waals surface area contributed by atoms with Crippen LogP contribution in [0.4, 0.5) is 22.0 Å². The number of hydrogen-bond acceptors (Lipinski definition) is 4. The average molecular weight is 432 g/mol. The zero-order valence-electron chi connectivity index (χ0n) is 14.6. The lowest BCUT2D eigenvalue weighted by atomic mass is 10.0. The van der Waals surface area contributed by atoms with E-state index in [4.69, 9.17) is 14.7 Å². The quantitative estimate of drug-likeness (QED) is 0.237. The summed E-state index contributed by atoms with van der Waals surface area (Å²) < 4.78 is 84.8. The van der Waals surface area contributed by atoms with Gasteiger partial charge < -0.3 is 14.7 Å². The molecule has 0 saturated heterocycles. The zero-order valence-corrected chi connectivity index (χ0v) is 15.6. The van der Waals surface area contributed by atoms with E-state index in [0.717, 1.165) is 0 Å². The summed E-state index contributed by atoms with van der Waals surface area (Å²) in [6.07, 6.45) is -5.85. The molecule has 6 nitrogen and oxygen atoms in total. The number of benzene rings is 1. The summed E-state index contributed by atoms with van der Waals surface area (Å²) >= 11 is 0. The van der Waals surface area contributed by atoms with Crippen molar-refractivity contribution in [1.29, 1.82) is 0 Å². The van der Waals surface area contributed by atoms with Gasteiger partial charge in [0.15, 0.2) is 37.5 Å². The average Bonchev–Trinajstić information content (AvgIpc) is 2.63. The summed E-state index contributed by atoms with van der Waals surface area (Å²) in [6.45, 7) is 1.33. The fraction of sp³-hybridized carbons (Fsp3) is 0.500. The number of hydrogen-bond donors (Lipinski definition) is 2. The van der Waals surface area contributed by atoms with E-state index >= 15 is 0 Å². The van der Waals surface area contributed by atoms with Crippen molar-refractivity contribution in [2.75, 3.05) is 6.16 Å². The van der Waals surface area contributed by atoms with Crippen molar-refractivity contribution in [2.24, 2.45) is 5.92 Å². The molecule has 0 aliphatic carbocycles. The number of alkyl halides is 1. The van der Waals surface area contributed by atoms with Crippen LogP contribution in [0.25, 0.3) is 0 Å². The first kappa shape index (κ1) is 24.0. The van der Waals surface area contributed by atoms with Crippen LogP contribution in [0.1, 0.15) is 37.9 Å². The molecule has 158 valence electrons. The first-order valence-corrected chi connectivity index (χ1v) is 9.62. The molecular weight excluding hydrogens is 414 g/mol. The maximum Gasteiger partial charge on any atom is 0.307 e. The standard InChI is InChI=1S/C16H18F5O6P/c1-2-10(12(18)8-5-9(17)14(20)15(21)13(8)19)27-28(26)6-7(16(24)25)3-4-11(22)23/h5,7,10,12,28H,2-4,6H2,1H3,(H,22,23)(H,24,25). The Bertz CT molecular complexity index is 760. The van der Waals surface area contributed by atoms with Gasteiger partial charge in [-0.25, -0.2) is 22.0 Å². The van der Waals surface area contributed by atoms with E-state index in [-0.39, 0.29) is 18.9 Å². The van der Waals surface area contributed by atoms with E-state index in [9.17, 15) is 36.1 Å². The molecule has 1 aromatic carbocycles. The molecule has 0 aliphatic heterocycles. The van der Waals surface area contributed by atoms with Gasteiger partial charge in [-0.3, -0.25) is 14.2 Å². The molecule has 0 bridgehead atoms. The van der Waals surface area contributed by atoms with Crippen LogP contribution in [0.15, 0.2) is 6.07 Å². The highest BCUT2D eigenvalue weighted by molar-refractivity contribution is 7.39. The monoisotopic (exact) mass is 432 g/mol. The number of carboxylic acids is 2. The third-order valence-corrected chi connectivity index (χ3v) is 5.30. The highest BCUT2D eigenvalue weighted by Crippen LogP contribution is 2.37. The minimum atomic E-state index is -3.23. The van der Waals surface area contributed by atoms with Crippen molar-refractivity contribution in [2.45, 2.75) is 38.5 Å². The highest BCUT2D eigenvalue weighted by Gasteiger charge is 2.32. The first-order chi connectivity index (χ1) is 13.0. The summed E-state index contributed by atoms with van der Waals surface area (Å²) in [5, 5.41) is 17.6. The molecule has 0 aromatic heterocycles. The Morgan fingerprint density at radius 2 is 1.75 bits per heavy atom. The second-order valence-corrected chi connectivity index (χ2v) is 7.29. The minimum absolute atomic E-state index is 0.120. The van der Waals surface area contributed by atoms with Crippen molar-refractivity contribution in [1.82, 2.24) is 0 Å². The Morgan fingerprint density at radius 1 is 1.14 bits per heavy atom. The van der Waals surface area contributed by atoms with Crippen molar-refractivity contribution in [3.05, 3.63) is 34.9 Å². The molecule has 1 aromatic rings. The fourth-order valence-electron chi connectivity index (χ4n) is 2.37. The van der Waals surface area contributed by atoms with Gasteiger partial charge in [-0.15, -0.1) is 0 Å². The lowest BCUT2D eigenvalue weighted by molar-refractivity contribution is -0.142. The molecule has 12 heteroatoms. The smallest absolute Gasteiger partial charge is 0.307 e. The molecule has 0 radical (unpaired) electrons. The Hall–Kier alpha value is -2.00. The topological polar surface area (TPSA) is 101 Å². The maximum absolute atomic E-state index is 14.5. The predicted octanol–water partition coefficient (Wildman–Crippen LogP) is 4.09. The van der Waals surface area contributed by atoms with Gasteiger partial charge in [0.2, 0.25) is 0 Å². The van der Waals surface area contributed by atoms with Crippen LogP contribution in [0, 0.1) is 29.2 Å². The number of halogens is 5. The molecule has 28 heavy (non-hydrogen) atoms. The van der Waals surface area contributed by atoms with E-state index in [2.05, 4.69) is 0 Å². The van der Waals surface area contributed by atoms with Gasteiger partial charge in [-0.05, 0) is 18.9 Å². The lowest BCUT2D eigenvalue weighted by Gasteiger charge is -2.22. The van der Waals surface area contributed by atoms with Crippen LogP contribution in [-0.4, -0.2) is 34.4 Å². The molecule has 0 amide bonds. The first-order valence-electron chi connectivity index (χ1n) is 8.10. The maximum atomic E-state index is 14.5. The van der Waals surface area contributed by atoms with Gasteiger partial charge in [-0.2, -0.15) is 0 Å². The Kier molecular flexibility index (Phi) is 9.03. The SMILES string of the molecule is CCC(O[PH](=O)CC(CCC(=O)O)C(=O)O)C(F)c1cc(F)c(F)c(F)c1F. The van der Waals surface area contributed by atoms with Crippen LogP contribution in [0.5, 0.6) is 0 Å². The normalized spacial score (nSPS) is 15.6. The Morgan fingerprint density at radius 3 is 2.25 bits per heavy atom.